The zero-order chi connectivity index (χ0) is 8.65. The Labute approximate surface area is 63.2 Å². The van der Waals surface area contributed by atoms with Gasteiger partial charge in [0.1, 0.15) is 6.10 Å². The maximum Gasteiger partial charge on any atom is 0.341 e. The third kappa shape index (κ3) is 1.11. The van der Waals surface area contributed by atoms with E-state index in [4.69, 9.17) is 10.2 Å². The van der Waals surface area contributed by atoms with Gasteiger partial charge in [-0.25, -0.2) is 4.79 Å². The minimum absolute atomic E-state index is 0.483. The molecule has 0 radical (unpaired) electrons. The Morgan fingerprint density at radius 3 is 2.45 bits per heavy atom. The number of hydrogen-bond acceptors (Lipinski definition) is 5. The fourth-order valence-corrected chi connectivity index (χ4v) is 0.941. The van der Waals surface area contributed by atoms with Crippen molar-refractivity contribution in [2.45, 2.75) is 24.7 Å². The van der Waals surface area contributed by atoms with Crippen LogP contribution in [0.5, 0.6) is 0 Å². The molecule has 1 rings (SSSR count). The summed E-state index contributed by atoms with van der Waals surface area (Å²) in [6.45, 7) is 0.665. The molecule has 3 N–H and O–H groups in total. The highest BCUT2D eigenvalue weighted by atomic mass is 16.6. The monoisotopic (exact) mass is 162 g/mol. The van der Waals surface area contributed by atoms with Crippen LogP contribution in [0.3, 0.4) is 0 Å². The van der Waals surface area contributed by atoms with Gasteiger partial charge in [0.25, 0.3) is 0 Å². The number of rotatable bonds is 1. The lowest BCUT2D eigenvalue weighted by molar-refractivity contribution is -0.155. The summed E-state index contributed by atoms with van der Waals surface area (Å²) in [6.07, 6.45) is -2.35. The molecule has 1 fully saturated rings. The van der Waals surface area contributed by atoms with Gasteiger partial charge in [-0.15, -0.1) is 0 Å². The number of esters is 1. The summed E-state index contributed by atoms with van der Waals surface area (Å²) in [4.78, 5) is 10.7. The van der Waals surface area contributed by atoms with Crippen LogP contribution in [0.4, 0.5) is 0 Å². The summed E-state index contributed by atoms with van der Waals surface area (Å²) in [6, 6.07) is 0. The molecule has 0 aliphatic carbocycles. The van der Waals surface area contributed by atoms with Crippen molar-refractivity contribution in [3.05, 3.63) is 0 Å². The first kappa shape index (κ1) is 8.45. The molecule has 1 aliphatic rings. The molecule has 0 spiro atoms. The Kier molecular flexibility index (Phi) is 1.87. The molecule has 5 nitrogen and oxygen atoms in total. The molecular weight excluding hydrogens is 152 g/mol. The van der Waals surface area contributed by atoms with E-state index in [9.17, 15) is 9.90 Å². The molecule has 1 saturated heterocycles. The van der Waals surface area contributed by atoms with E-state index < -0.39 is 30.4 Å². The van der Waals surface area contributed by atoms with Crippen LogP contribution in [0.15, 0.2) is 0 Å². The molecule has 0 aromatic rings. The number of carbonyl (C=O) groups excluding carboxylic acids is 1. The van der Waals surface area contributed by atoms with Crippen molar-refractivity contribution in [2.24, 2.45) is 0 Å². The van der Waals surface area contributed by atoms with Gasteiger partial charge in [-0.05, 0) is 6.92 Å². The van der Waals surface area contributed by atoms with Crippen molar-refractivity contribution < 1.29 is 24.9 Å². The van der Waals surface area contributed by atoms with Gasteiger partial charge in [-0.2, -0.15) is 0 Å². The predicted molar refractivity (Wildman–Crippen MR) is 33.6 cm³/mol. The lowest BCUT2D eigenvalue weighted by Gasteiger charge is -2.16. The van der Waals surface area contributed by atoms with E-state index in [-0.39, 0.29) is 0 Å². The summed E-state index contributed by atoms with van der Waals surface area (Å²) in [5, 5.41) is 26.9. The molecule has 0 unspecified atom stereocenters. The average molecular weight is 162 g/mol. The van der Waals surface area contributed by atoms with Crippen molar-refractivity contribution in [3.63, 3.8) is 0 Å². The minimum Gasteiger partial charge on any atom is -0.455 e. The van der Waals surface area contributed by atoms with Crippen LogP contribution in [0, 0.1) is 0 Å². The highest BCUT2D eigenvalue weighted by molar-refractivity contribution is 5.82. The third-order valence-corrected chi connectivity index (χ3v) is 1.78. The predicted octanol–water partition coefficient (Wildman–Crippen LogP) is -1.98. The largest absolute Gasteiger partial charge is 0.455 e. The summed E-state index contributed by atoms with van der Waals surface area (Å²) in [7, 11) is 0. The Balaban J connectivity index is 2.80. The smallest absolute Gasteiger partial charge is 0.341 e. The highest BCUT2D eigenvalue weighted by Crippen LogP contribution is 2.25. The van der Waals surface area contributed by atoms with Crippen LogP contribution in [0.1, 0.15) is 6.92 Å². The van der Waals surface area contributed by atoms with Crippen molar-refractivity contribution in [1.82, 2.24) is 0 Å². The molecule has 5 heteroatoms. The standard InChI is InChI=1S/C6H10O5/c1-6(10)4(8)3(2-7)11-5(6)9/h3-4,7-8,10H,2H2,1H3/t3-,4+,6+/m0/s1. The molecule has 1 heterocycles. The van der Waals surface area contributed by atoms with Crippen molar-refractivity contribution >= 4 is 5.97 Å². The average Bonchev–Trinajstić information content (AvgIpc) is 2.14. The fraction of sp³-hybridized carbons (Fsp3) is 0.833. The minimum atomic E-state index is -1.88. The quantitative estimate of drug-likeness (QED) is 0.389. The summed E-state index contributed by atoms with van der Waals surface area (Å²) >= 11 is 0. The van der Waals surface area contributed by atoms with Crippen molar-refractivity contribution in [1.29, 1.82) is 0 Å². The van der Waals surface area contributed by atoms with Gasteiger partial charge in [0.2, 0.25) is 0 Å². The fourth-order valence-electron chi connectivity index (χ4n) is 0.941. The second-order valence-corrected chi connectivity index (χ2v) is 2.72. The Bertz CT molecular complexity index is 176. The van der Waals surface area contributed by atoms with Crippen LogP contribution in [-0.4, -0.2) is 45.7 Å². The van der Waals surface area contributed by atoms with Gasteiger partial charge in [0.05, 0.1) is 6.61 Å². The van der Waals surface area contributed by atoms with Gasteiger partial charge in [0.15, 0.2) is 11.7 Å². The van der Waals surface area contributed by atoms with Gasteiger partial charge in [0, 0.05) is 0 Å². The zero-order valence-electron chi connectivity index (χ0n) is 6.02. The van der Waals surface area contributed by atoms with E-state index in [2.05, 4.69) is 4.74 Å². The van der Waals surface area contributed by atoms with Crippen LogP contribution in [0.25, 0.3) is 0 Å². The molecule has 11 heavy (non-hydrogen) atoms. The van der Waals surface area contributed by atoms with E-state index in [0.29, 0.717) is 0 Å². The number of aliphatic hydroxyl groups is 3. The van der Waals surface area contributed by atoms with E-state index >= 15 is 0 Å². The summed E-state index contributed by atoms with van der Waals surface area (Å²) in [5.41, 5.74) is -1.88. The lowest BCUT2D eigenvalue weighted by Crippen LogP contribution is -2.43. The third-order valence-electron chi connectivity index (χ3n) is 1.78. The van der Waals surface area contributed by atoms with Crippen LogP contribution < -0.4 is 0 Å². The zero-order valence-corrected chi connectivity index (χ0v) is 6.02. The number of cyclic esters (lactones) is 1. The Morgan fingerprint density at radius 2 is 2.27 bits per heavy atom. The Morgan fingerprint density at radius 1 is 1.73 bits per heavy atom. The molecular formula is C6H10O5. The second kappa shape index (κ2) is 2.44. The molecule has 0 aromatic carbocycles. The summed E-state index contributed by atoms with van der Waals surface area (Å²) < 4.78 is 4.45. The van der Waals surface area contributed by atoms with Crippen LogP contribution in [-0.2, 0) is 9.53 Å². The molecule has 0 bridgehead atoms. The maximum atomic E-state index is 10.7. The first-order valence-corrected chi connectivity index (χ1v) is 3.22. The summed E-state index contributed by atoms with van der Waals surface area (Å²) in [5.74, 6) is -0.899. The van der Waals surface area contributed by atoms with Crippen molar-refractivity contribution in [2.75, 3.05) is 6.61 Å². The van der Waals surface area contributed by atoms with Gasteiger partial charge in [-0.3, -0.25) is 0 Å². The maximum absolute atomic E-state index is 10.7. The van der Waals surface area contributed by atoms with Gasteiger partial charge < -0.3 is 20.1 Å². The first-order valence-electron chi connectivity index (χ1n) is 3.22. The molecule has 3 atom stereocenters. The Hall–Kier alpha value is -0.650. The normalized spacial score (nSPS) is 44.2. The molecule has 1 aliphatic heterocycles. The number of hydrogen-bond donors (Lipinski definition) is 3. The van der Waals surface area contributed by atoms with Gasteiger partial charge >= 0.3 is 5.97 Å². The number of aliphatic hydroxyl groups excluding tert-OH is 2. The highest BCUT2D eigenvalue weighted by Gasteiger charge is 2.52. The van der Waals surface area contributed by atoms with E-state index in [0.717, 1.165) is 6.92 Å². The second-order valence-electron chi connectivity index (χ2n) is 2.72. The van der Waals surface area contributed by atoms with E-state index in [1.807, 2.05) is 0 Å². The molecule has 0 amide bonds. The van der Waals surface area contributed by atoms with Gasteiger partial charge in [-0.1, -0.05) is 0 Å². The SMILES string of the molecule is C[C@]1(O)C(=O)O[C@@H](CO)[C@H]1O. The van der Waals surface area contributed by atoms with E-state index in [1.165, 1.54) is 0 Å². The van der Waals surface area contributed by atoms with Crippen LogP contribution in [0.2, 0.25) is 0 Å². The molecule has 0 aromatic heterocycles. The van der Waals surface area contributed by atoms with E-state index in [1.54, 1.807) is 0 Å². The molecule has 0 saturated carbocycles. The topological polar surface area (TPSA) is 87.0 Å². The van der Waals surface area contributed by atoms with Crippen molar-refractivity contribution in [3.8, 4) is 0 Å². The van der Waals surface area contributed by atoms with Crippen LogP contribution >= 0.6 is 0 Å². The lowest BCUT2D eigenvalue weighted by atomic mass is 9.99. The molecule has 64 valence electrons. The first-order chi connectivity index (χ1) is 5.00. The number of carbonyl (C=O) groups is 1. The number of ether oxygens (including phenoxy) is 1.